The monoisotopic (exact) mass is 290 g/mol. The van der Waals surface area contributed by atoms with Crippen LogP contribution in [0.15, 0.2) is 67.3 Å². The normalized spacial score (nSPS) is 10.2. The van der Waals surface area contributed by atoms with Gasteiger partial charge in [0.15, 0.2) is 0 Å². The second-order valence-electron chi connectivity index (χ2n) is 4.69. The first kappa shape index (κ1) is 13.9. The van der Waals surface area contributed by atoms with Crippen molar-refractivity contribution in [2.75, 3.05) is 7.11 Å². The van der Waals surface area contributed by atoms with Gasteiger partial charge in [0, 0.05) is 30.4 Å². The van der Waals surface area contributed by atoms with E-state index in [4.69, 9.17) is 4.74 Å². The third-order valence-electron chi connectivity index (χ3n) is 3.43. The van der Waals surface area contributed by atoms with Crippen molar-refractivity contribution >= 4 is 5.97 Å². The van der Waals surface area contributed by atoms with Crippen LogP contribution in [0.2, 0.25) is 0 Å². The lowest BCUT2D eigenvalue weighted by Gasteiger charge is -2.14. The highest BCUT2D eigenvalue weighted by Crippen LogP contribution is 2.34. The van der Waals surface area contributed by atoms with Gasteiger partial charge in [0.05, 0.1) is 12.7 Å². The summed E-state index contributed by atoms with van der Waals surface area (Å²) in [6, 6.07) is 13.2. The van der Waals surface area contributed by atoms with Crippen LogP contribution in [-0.4, -0.2) is 23.0 Å². The maximum absolute atomic E-state index is 12.1. The molecule has 0 aliphatic carbocycles. The smallest absolute Gasteiger partial charge is 0.338 e. The number of benzene rings is 1. The quantitative estimate of drug-likeness (QED) is 0.692. The predicted octanol–water partition coefficient (Wildman–Crippen LogP) is 3.60. The molecule has 4 nitrogen and oxygen atoms in total. The van der Waals surface area contributed by atoms with E-state index in [1.807, 2.05) is 36.4 Å². The van der Waals surface area contributed by atoms with Gasteiger partial charge in [0.25, 0.3) is 0 Å². The summed E-state index contributed by atoms with van der Waals surface area (Å²) in [5, 5.41) is 0. The van der Waals surface area contributed by atoms with Gasteiger partial charge < -0.3 is 4.74 Å². The molecule has 0 saturated heterocycles. The second kappa shape index (κ2) is 6.18. The molecule has 3 aromatic rings. The van der Waals surface area contributed by atoms with Crippen LogP contribution < -0.4 is 0 Å². The Morgan fingerprint density at radius 3 is 2.05 bits per heavy atom. The molecule has 1 aromatic carbocycles. The van der Waals surface area contributed by atoms with Gasteiger partial charge >= 0.3 is 5.97 Å². The van der Waals surface area contributed by atoms with Crippen molar-refractivity contribution < 1.29 is 9.53 Å². The Labute approximate surface area is 128 Å². The number of aromatic nitrogens is 2. The number of esters is 1. The number of ether oxygens (including phenoxy) is 1. The molecule has 0 atom stereocenters. The third-order valence-corrected chi connectivity index (χ3v) is 3.43. The number of nitrogens with zero attached hydrogens (tertiary/aromatic N) is 2. The van der Waals surface area contributed by atoms with Crippen molar-refractivity contribution in [2.24, 2.45) is 0 Å². The van der Waals surface area contributed by atoms with E-state index < -0.39 is 0 Å². The van der Waals surface area contributed by atoms with Gasteiger partial charge in [0.1, 0.15) is 0 Å². The highest BCUT2D eigenvalue weighted by Gasteiger charge is 2.17. The fourth-order valence-electron chi connectivity index (χ4n) is 2.43. The Balaban J connectivity index is 2.29. The van der Waals surface area contributed by atoms with Crippen molar-refractivity contribution in [2.45, 2.75) is 0 Å². The van der Waals surface area contributed by atoms with Crippen molar-refractivity contribution in [3.8, 4) is 22.3 Å². The van der Waals surface area contributed by atoms with Crippen LogP contribution in [0.1, 0.15) is 10.4 Å². The van der Waals surface area contributed by atoms with Gasteiger partial charge in [-0.25, -0.2) is 4.79 Å². The van der Waals surface area contributed by atoms with Crippen LogP contribution in [0.4, 0.5) is 0 Å². The molecule has 0 radical (unpaired) electrons. The molecule has 0 aliphatic rings. The SMILES string of the molecule is COC(=O)c1cccc(-c2ccncc2)c1-c1ccncc1. The van der Waals surface area contributed by atoms with Gasteiger partial charge in [-0.2, -0.15) is 0 Å². The summed E-state index contributed by atoms with van der Waals surface area (Å²) in [5.41, 5.74) is 4.23. The molecular formula is C18H14N2O2. The Bertz CT molecular complexity index is 787. The van der Waals surface area contributed by atoms with Gasteiger partial charge in [-0.3, -0.25) is 9.97 Å². The number of rotatable bonds is 3. The highest BCUT2D eigenvalue weighted by molar-refractivity contribution is 6.02. The average molecular weight is 290 g/mol. The van der Waals surface area contributed by atoms with Crippen LogP contribution >= 0.6 is 0 Å². The lowest BCUT2D eigenvalue weighted by Crippen LogP contribution is -2.04. The van der Waals surface area contributed by atoms with E-state index in [-0.39, 0.29) is 5.97 Å². The molecule has 22 heavy (non-hydrogen) atoms. The van der Waals surface area contributed by atoms with E-state index in [1.165, 1.54) is 7.11 Å². The molecule has 0 N–H and O–H groups in total. The number of hydrogen-bond donors (Lipinski definition) is 0. The summed E-state index contributed by atoms with van der Waals surface area (Å²) in [6.45, 7) is 0. The van der Waals surface area contributed by atoms with Crippen LogP contribution in [0.5, 0.6) is 0 Å². The van der Waals surface area contributed by atoms with E-state index in [0.29, 0.717) is 5.56 Å². The Morgan fingerprint density at radius 1 is 0.864 bits per heavy atom. The lowest BCUT2D eigenvalue weighted by atomic mass is 9.91. The zero-order valence-electron chi connectivity index (χ0n) is 12.1. The van der Waals surface area contributed by atoms with E-state index in [2.05, 4.69) is 9.97 Å². The molecule has 2 heterocycles. The number of pyridine rings is 2. The largest absolute Gasteiger partial charge is 0.465 e. The summed E-state index contributed by atoms with van der Waals surface area (Å²) >= 11 is 0. The molecule has 0 amide bonds. The van der Waals surface area contributed by atoms with E-state index in [9.17, 15) is 4.79 Å². The molecule has 3 rings (SSSR count). The molecule has 0 aliphatic heterocycles. The predicted molar refractivity (Wildman–Crippen MR) is 84.2 cm³/mol. The third kappa shape index (κ3) is 2.59. The van der Waals surface area contributed by atoms with Crippen LogP contribution in [0, 0.1) is 0 Å². The van der Waals surface area contributed by atoms with E-state index >= 15 is 0 Å². The fraction of sp³-hybridized carbons (Fsp3) is 0.0556. The van der Waals surface area contributed by atoms with Crippen molar-refractivity contribution in [3.05, 3.63) is 72.8 Å². The van der Waals surface area contributed by atoms with E-state index in [1.54, 1.807) is 30.9 Å². The van der Waals surface area contributed by atoms with Crippen LogP contribution in [0.25, 0.3) is 22.3 Å². The summed E-state index contributed by atoms with van der Waals surface area (Å²) in [6.07, 6.45) is 6.88. The molecular weight excluding hydrogens is 276 g/mol. The van der Waals surface area contributed by atoms with Gasteiger partial charge in [-0.15, -0.1) is 0 Å². The topological polar surface area (TPSA) is 52.1 Å². The average Bonchev–Trinajstić information content (AvgIpc) is 2.62. The minimum absolute atomic E-state index is 0.359. The molecule has 0 bridgehead atoms. The van der Waals surface area contributed by atoms with Crippen LogP contribution in [0.3, 0.4) is 0 Å². The maximum atomic E-state index is 12.1. The molecule has 108 valence electrons. The lowest BCUT2D eigenvalue weighted by molar-refractivity contribution is 0.0601. The second-order valence-corrected chi connectivity index (χ2v) is 4.69. The standard InChI is InChI=1S/C18H14N2O2/c1-22-18(21)16-4-2-3-15(13-5-9-19-10-6-13)17(16)14-7-11-20-12-8-14/h2-12H,1H3. The number of carbonyl (C=O) groups is 1. The Morgan fingerprint density at radius 2 is 1.45 bits per heavy atom. The number of methoxy groups -OCH3 is 1. The first-order chi connectivity index (χ1) is 10.8. The van der Waals surface area contributed by atoms with Gasteiger partial charge in [-0.1, -0.05) is 12.1 Å². The summed E-state index contributed by atoms with van der Waals surface area (Å²) in [4.78, 5) is 20.2. The maximum Gasteiger partial charge on any atom is 0.338 e. The van der Waals surface area contributed by atoms with Crippen molar-refractivity contribution in [3.63, 3.8) is 0 Å². The number of carbonyl (C=O) groups excluding carboxylic acids is 1. The first-order valence-electron chi connectivity index (χ1n) is 6.83. The zero-order chi connectivity index (χ0) is 15.4. The fourth-order valence-corrected chi connectivity index (χ4v) is 2.43. The summed E-state index contributed by atoms with van der Waals surface area (Å²) < 4.78 is 4.92. The molecule has 0 unspecified atom stereocenters. The Hall–Kier alpha value is -3.01. The molecule has 0 fully saturated rings. The molecule has 4 heteroatoms. The summed E-state index contributed by atoms with van der Waals surface area (Å²) in [5.74, 6) is -0.359. The van der Waals surface area contributed by atoms with E-state index in [0.717, 1.165) is 22.3 Å². The van der Waals surface area contributed by atoms with Crippen molar-refractivity contribution in [1.29, 1.82) is 0 Å². The zero-order valence-corrected chi connectivity index (χ0v) is 12.1. The minimum Gasteiger partial charge on any atom is -0.465 e. The van der Waals surface area contributed by atoms with Gasteiger partial charge in [0.2, 0.25) is 0 Å². The number of hydrogen-bond acceptors (Lipinski definition) is 4. The summed E-state index contributed by atoms with van der Waals surface area (Å²) in [7, 11) is 1.39. The molecule has 0 spiro atoms. The van der Waals surface area contributed by atoms with Crippen LogP contribution in [-0.2, 0) is 4.74 Å². The first-order valence-corrected chi connectivity index (χ1v) is 6.83. The van der Waals surface area contributed by atoms with Gasteiger partial charge in [-0.05, 0) is 47.0 Å². The highest BCUT2D eigenvalue weighted by atomic mass is 16.5. The molecule has 2 aromatic heterocycles. The molecule has 0 saturated carbocycles. The van der Waals surface area contributed by atoms with Crippen molar-refractivity contribution in [1.82, 2.24) is 9.97 Å². The minimum atomic E-state index is -0.359. The Kier molecular flexibility index (Phi) is 3.92.